The highest BCUT2D eigenvalue weighted by Gasteiger charge is 2.06. The van der Waals surface area contributed by atoms with Crippen molar-refractivity contribution in [1.82, 2.24) is 0 Å². The van der Waals surface area contributed by atoms with Crippen molar-refractivity contribution in [1.29, 1.82) is 0 Å². The molecule has 2 rings (SSSR count). The Morgan fingerprint density at radius 3 is 2.75 bits per heavy atom. The van der Waals surface area contributed by atoms with Crippen LogP contribution in [-0.4, -0.2) is 5.11 Å². The molecule has 0 spiro atoms. The van der Waals surface area contributed by atoms with Gasteiger partial charge in [0.1, 0.15) is 17.4 Å². The third kappa shape index (κ3) is 1.10. The predicted octanol–water partition coefficient (Wildman–Crippen LogP) is 2.49. The normalized spacial score (nSPS) is 13.5. The minimum Gasteiger partial charge on any atom is -0.458 e. The van der Waals surface area contributed by atoms with Crippen LogP contribution < -0.4 is 0 Å². The molecule has 0 aliphatic heterocycles. The fraction of sp³-hybridized carbons (Fsp3) is 0.200. The lowest BCUT2D eigenvalue weighted by Gasteiger charge is -1.95. The number of hydrogen-bond acceptors (Lipinski definition) is 2. The third-order valence-corrected chi connectivity index (χ3v) is 1.86. The molecule has 1 unspecified atom stereocenters. The summed E-state index contributed by atoms with van der Waals surface area (Å²) >= 11 is 0. The van der Waals surface area contributed by atoms with Gasteiger partial charge in [-0.15, -0.1) is 0 Å². The second kappa shape index (κ2) is 2.64. The second-order valence-electron chi connectivity index (χ2n) is 2.86. The molecule has 12 heavy (non-hydrogen) atoms. The summed E-state index contributed by atoms with van der Waals surface area (Å²) in [6.07, 6.45) is -0.530. The standard InChI is InChI=1S/C10H10O2/c1-7(11)10-6-8-4-2-3-5-9(8)12-10/h2-7,11H,1H3. The highest BCUT2D eigenvalue weighted by molar-refractivity contribution is 5.77. The molecule has 0 aliphatic carbocycles. The Bertz CT molecular complexity index is 354. The molecule has 0 radical (unpaired) electrons. The van der Waals surface area contributed by atoms with Crippen molar-refractivity contribution in [2.24, 2.45) is 0 Å². The number of fused-ring (bicyclic) bond motifs is 1. The van der Waals surface area contributed by atoms with Crippen LogP contribution >= 0.6 is 0 Å². The summed E-state index contributed by atoms with van der Waals surface area (Å²) in [5, 5.41) is 10.3. The van der Waals surface area contributed by atoms with Gasteiger partial charge in [0.25, 0.3) is 0 Å². The monoisotopic (exact) mass is 162 g/mol. The number of benzene rings is 1. The number of rotatable bonds is 1. The SMILES string of the molecule is CC(O)c1cc2ccccc2o1. The summed E-state index contributed by atoms with van der Waals surface area (Å²) in [4.78, 5) is 0. The second-order valence-corrected chi connectivity index (χ2v) is 2.86. The minimum atomic E-state index is -0.530. The van der Waals surface area contributed by atoms with Gasteiger partial charge >= 0.3 is 0 Å². The maximum Gasteiger partial charge on any atom is 0.134 e. The van der Waals surface area contributed by atoms with E-state index >= 15 is 0 Å². The van der Waals surface area contributed by atoms with Gasteiger partial charge in [-0.1, -0.05) is 18.2 Å². The first-order chi connectivity index (χ1) is 5.77. The molecule has 0 aliphatic rings. The van der Waals surface area contributed by atoms with E-state index in [1.807, 2.05) is 30.3 Å². The quantitative estimate of drug-likeness (QED) is 0.698. The Kier molecular flexibility index (Phi) is 1.62. The number of aliphatic hydroxyl groups is 1. The highest BCUT2D eigenvalue weighted by atomic mass is 16.4. The minimum absolute atomic E-state index is 0.530. The largest absolute Gasteiger partial charge is 0.458 e. The summed E-state index contributed by atoms with van der Waals surface area (Å²) in [6, 6.07) is 9.58. The van der Waals surface area contributed by atoms with E-state index in [1.54, 1.807) is 6.92 Å². The van der Waals surface area contributed by atoms with Crippen LogP contribution in [0.2, 0.25) is 0 Å². The van der Waals surface area contributed by atoms with E-state index in [0.717, 1.165) is 11.0 Å². The molecular weight excluding hydrogens is 152 g/mol. The first-order valence-electron chi connectivity index (χ1n) is 3.94. The third-order valence-electron chi connectivity index (χ3n) is 1.86. The molecule has 1 heterocycles. The van der Waals surface area contributed by atoms with Crippen molar-refractivity contribution in [3.63, 3.8) is 0 Å². The Hall–Kier alpha value is -1.28. The van der Waals surface area contributed by atoms with Gasteiger partial charge in [0.05, 0.1) is 0 Å². The summed E-state index contributed by atoms with van der Waals surface area (Å²) < 4.78 is 5.38. The highest BCUT2D eigenvalue weighted by Crippen LogP contribution is 2.22. The van der Waals surface area contributed by atoms with Crippen LogP contribution in [0.1, 0.15) is 18.8 Å². The van der Waals surface area contributed by atoms with Crippen molar-refractivity contribution in [3.05, 3.63) is 36.1 Å². The zero-order chi connectivity index (χ0) is 8.55. The first-order valence-corrected chi connectivity index (χ1v) is 3.94. The number of aliphatic hydroxyl groups excluding tert-OH is 1. The number of hydrogen-bond donors (Lipinski definition) is 1. The van der Waals surface area contributed by atoms with E-state index in [4.69, 9.17) is 4.42 Å². The lowest BCUT2D eigenvalue weighted by atomic mass is 10.2. The Morgan fingerprint density at radius 1 is 1.33 bits per heavy atom. The predicted molar refractivity (Wildman–Crippen MR) is 46.8 cm³/mol. The number of furan rings is 1. The molecule has 2 nitrogen and oxygen atoms in total. The maximum atomic E-state index is 9.23. The zero-order valence-electron chi connectivity index (χ0n) is 6.82. The fourth-order valence-electron chi connectivity index (χ4n) is 1.21. The molecule has 1 aromatic carbocycles. The van der Waals surface area contributed by atoms with Crippen molar-refractivity contribution < 1.29 is 9.52 Å². The lowest BCUT2D eigenvalue weighted by Crippen LogP contribution is -1.85. The zero-order valence-corrected chi connectivity index (χ0v) is 6.82. The summed E-state index contributed by atoms with van der Waals surface area (Å²) in [5.41, 5.74) is 0.827. The summed E-state index contributed by atoms with van der Waals surface area (Å²) in [5.74, 6) is 0.621. The van der Waals surface area contributed by atoms with Gasteiger partial charge in [0.2, 0.25) is 0 Å². The summed E-state index contributed by atoms with van der Waals surface area (Å²) in [7, 11) is 0. The molecule has 0 bridgehead atoms. The van der Waals surface area contributed by atoms with Crippen LogP contribution in [-0.2, 0) is 0 Å². The molecule has 0 saturated heterocycles. The number of para-hydroxylation sites is 1. The molecule has 2 heteroatoms. The molecule has 1 atom stereocenters. The smallest absolute Gasteiger partial charge is 0.134 e. The van der Waals surface area contributed by atoms with Crippen LogP contribution in [0.3, 0.4) is 0 Å². The van der Waals surface area contributed by atoms with E-state index < -0.39 is 6.10 Å². The van der Waals surface area contributed by atoms with Crippen molar-refractivity contribution in [3.8, 4) is 0 Å². The van der Waals surface area contributed by atoms with Crippen molar-refractivity contribution in [2.45, 2.75) is 13.0 Å². The van der Waals surface area contributed by atoms with Gasteiger partial charge in [-0.2, -0.15) is 0 Å². The molecular formula is C10H10O2. The van der Waals surface area contributed by atoms with Crippen LogP contribution in [0, 0.1) is 0 Å². The molecule has 1 aromatic heterocycles. The average Bonchev–Trinajstić information content (AvgIpc) is 2.46. The molecule has 1 N–H and O–H groups in total. The molecule has 0 amide bonds. The van der Waals surface area contributed by atoms with Crippen molar-refractivity contribution in [2.75, 3.05) is 0 Å². The van der Waals surface area contributed by atoms with Gasteiger partial charge in [-0.3, -0.25) is 0 Å². The van der Waals surface area contributed by atoms with Crippen LogP contribution in [0.15, 0.2) is 34.7 Å². The van der Waals surface area contributed by atoms with Crippen LogP contribution in [0.5, 0.6) is 0 Å². The first kappa shape index (κ1) is 7.37. The van der Waals surface area contributed by atoms with Gasteiger partial charge in [-0.05, 0) is 19.1 Å². The average molecular weight is 162 g/mol. The Labute approximate surface area is 70.4 Å². The van der Waals surface area contributed by atoms with Gasteiger partial charge in [0.15, 0.2) is 0 Å². The lowest BCUT2D eigenvalue weighted by molar-refractivity contribution is 0.172. The van der Waals surface area contributed by atoms with E-state index in [2.05, 4.69) is 0 Å². The Morgan fingerprint density at radius 2 is 2.08 bits per heavy atom. The molecule has 2 aromatic rings. The van der Waals surface area contributed by atoms with E-state index in [9.17, 15) is 5.11 Å². The summed E-state index contributed by atoms with van der Waals surface area (Å²) in [6.45, 7) is 1.69. The van der Waals surface area contributed by atoms with Gasteiger partial charge in [-0.25, -0.2) is 0 Å². The maximum absolute atomic E-state index is 9.23. The van der Waals surface area contributed by atoms with Crippen molar-refractivity contribution >= 4 is 11.0 Å². The molecule has 0 fully saturated rings. The molecule has 62 valence electrons. The van der Waals surface area contributed by atoms with E-state index in [-0.39, 0.29) is 0 Å². The van der Waals surface area contributed by atoms with Crippen LogP contribution in [0.25, 0.3) is 11.0 Å². The van der Waals surface area contributed by atoms with E-state index in [1.165, 1.54) is 0 Å². The van der Waals surface area contributed by atoms with Gasteiger partial charge in [0, 0.05) is 5.39 Å². The Balaban J connectivity index is 2.62. The van der Waals surface area contributed by atoms with Crippen LogP contribution in [0.4, 0.5) is 0 Å². The van der Waals surface area contributed by atoms with Gasteiger partial charge < -0.3 is 9.52 Å². The fourth-order valence-corrected chi connectivity index (χ4v) is 1.21. The molecule has 0 saturated carbocycles. The van der Waals surface area contributed by atoms with E-state index in [0.29, 0.717) is 5.76 Å². The topological polar surface area (TPSA) is 33.4 Å².